The van der Waals surface area contributed by atoms with Crippen molar-refractivity contribution in [3.63, 3.8) is 0 Å². The van der Waals surface area contributed by atoms with Gasteiger partial charge in [0.25, 0.3) is 5.92 Å². The molecule has 0 atom stereocenters. The topological polar surface area (TPSA) is 42.1 Å². The number of alkyl halides is 2. The van der Waals surface area contributed by atoms with E-state index in [-0.39, 0.29) is 13.0 Å². The van der Waals surface area contributed by atoms with Crippen molar-refractivity contribution in [1.29, 1.82) is 0 Å². The Labute approximate surface area is 86.9 Å². The zero-order valence-corrected chi connectivity index (χ0v) is 8.29. The first-order chi connectivity index (χ1) is 7.05. The van der Waals surface area contributed by atoms with Crippen LogP contribution in [0.25, 0.3) is 0 Å². The maximum Gasteiger partial charge on any atom is 0.261 e. The molecule has 1 aromatic heterocycles. The van der Waals surface area contributed by atoms with Crippen molar-refractivity contribution in [3.8, 4) is 0 Å². The monoisotopic (exact) mass is 213 g/mol. The van der Waals surface area contributed by atoms with E-state index >= 15 is 0 Å². The van der Waals surface area contributed by atoms with Crippen LogP contribution < -0.4 is 5.73 Å². The second-order valence-electron chi connectivity index (χ2n) is 3.91. The Bertz CT molecular complexity index is 337. The number of aromatic nitrogens is 1. The van der Waals surface area contributed by atoms with Gasteiger partial charge in [-0.25, -0.2) is 13.8 Å². The van der Waals surface area contributed by atoms with Crippen LogP contribution in [0.5, 0.6) is 0 Å². The molecule has 0 aromatic carbocycles. The Morgan fingerprint density at radius 3 is 2.80 bits per heavy atom. The minimum atomic E-state index is -2.53. The van der Waals surface area contributed by atoms with Gasteiger partial charge >= 0.3 is 0 Å². The van der Waals surface area contributed by atoms with E-state index in [4.69, 9.17) is 5.73 Å². The molecule has 2 rings (SSSR count). The Morgan fingerprint density at radius 1 is 1.47 bits per heavy atom. The molecule has 15 heavy (non-hydrogen) atoms. The quantitative estimate of drug-likeness (QED) is 0.809. The second-order valence-corrected chi connectivity index (χ2v) is 3.91. The van der Waals surface area contributed by atoms with E-state index < -0.39 is 5.92 Å². The molecule has 5 heteroatoms. The molecular formula is C10H13F2N3. The molecule has 0 radical (unpaired) electrons. The number of rotatable bonds is 2. The van der Waals surface area contributed by atoms with Gasteiger partial charge in [0.15, 0.2) is 0 Å². The van der Waals surface area contributed by atoms with Gasteiger partial charge in [-0.05, 0) is 11.6 Å². The standard InChI is InChI=1S/C10H13F2N3/c11-10(12)3-4-15(7-10)6-8-1-2-9(13)14-5-8/h1-2,5H,3-4,6-7H2,(H2,13,14). The predicted octanol–water partition coefficient (Wildman–Crippen LogP) is 1.50. The van der Waals surface area contributed by atoms with Crippen LogP contribution in [0.15, 0.2) is 18.3 Å². The summed E-state index contributed by atoms with van der Waals surface area (Å²) in [6.45, 7) is 0.803. The Kier molecular flexibility index (Phi) is 2.56. The minimum absolute atomic E-state index is 0.0462. The van der Waals surface area contributed by atoms with E-state index in [1.807, 2.05) is 6.07 Å². The molecule has 82 valence electrons. The summed E-state index contributed by atoms with van der Waals surface area (Å²) in [5, 5.41) is 0. The van der Waals surface area contributed by atoms with Crippen molar-refractivity contribution in [3.05, 3.63) is 23.9 Å². The molecule has 1 fully saturated rings. The third-order valence-corrected chi connectivity index (χ3v) is 2.50. The van der Waals surface area contributed by atoms with Gasteiger partial charge in [0.1, 0.15) is 5.82 Å². The van der Waals surface area contributed by atoms with Crippen molar-refractivity contribution >= 4 is 5.82 Å². The molecule has 0 aliphatic carbocycles. The van der Waals surface area contributed by atoms with Crippen LogP contribution in [-0.2, 0) is 6.54 Å². The second kappa shape index (κ2) is 3.73. The van der Waals surface area contributed by atoms with Crippen molar-refractivity contribution < 1.29 is 8.78 Å². The highest BCUT2D eigenvalue weighted by Crippen LogP contribution is 2.27. The van der Waals surface area contributed by atoms with Gasteiger partial charge in [-0.15, -0.1) is 0 Å². The molecule has 2 heterocycles. The lowest BCUT2D eigenvalue weighted by Crippen LogP contribution is -2.24. The lowest BCUT2D eigenvalue weighted by Gasteiger charge is -2.15. The van der Waals surface area contributed by atoms with E-state index in [9.17, 15) is 8.78 Å². The first-order valence-corrected chi connectivity index (χ1v) is 4.86. The number of nitrogens with zero attached hydrogens (tertiary/aromatic N) is 2. The number of hydrogen-bond donors (Lipinski definition) is 1. The largest absolute Gasteiger partial charge is 0.384 e. The third-order valence-electron chi connectivity index (χ3n) is 2.50. The average molecular weight is 213 g/mol. The Balaban J connectivity index is 1.96. The number of nitrogen functional groups attached to an aromatic ring is 1. The molecule has 0 bridgehead atoms. The number of likely N-dealkylation sites (tertiary alicyclic amines) is 1. The molecular weight excluding hydrogens is 200 g/mol. The first-order valence-electron chi connectivity index (χ1n) is 4.86. The van der Waals surface area contributed by atoms with E-state index in [0.717, 1.165) is 5.56 Å². The molecule has 1 aromatic rings. The summed E-state index contributed by atoms with van der Waals surface area (Å²) in [6.07, 6.45) is 1.58. The van der Waals surface area contributed by atoms with E-state index in [2.05, 4.69) is 4.98 Å². The van der Waals surface area contributed by atoms with E-state index in [0.29, 0.717) is 18.9 Å². The minimum Gasteiger partial charge on any atom is -0.384 e. The zero-order valence-electron chi connectivity index (χ0n) is 8.29. The summed E-state index contributed by atoms with van der Waals surface area (Å²) in [4.78, 5) is 5.65. The summed E-state index contributed by atoms with van der Waals surface area (Å²) >= 11 is 0. The van der Waals surface area contributed by atoms with Crippen LogP contribution in [0.4, 0.5) is 14.6 Å². The number of nitrogens with two attached hydrogens (primary N) is 1. The highest BCUT2D eigenvalue weighted by Gasteiger charge is 2.37. The van der Waals surface area contributed by atoms with E-state index in [1.165, 1.54) is 0 Å². The fourth-order valence-corrected chi connectivity index (χ4v) is 1.73. The van der Waals surface area contributed by atoms with Crippen molar-refractivity contribution in [2.45, 2.75) is 18.9 Å². The maximum absolute atomic E-state index is 12.9. The molecule has 2 N–H and O–H groups in total. The summed E-state index contributed by atoms with van der Waals surface area (Å²) in [5.41, 5.74) is 6.35. The summed E-state index contributed by atoms with van der Waals surface area (Å²) in [5.74, 6) is -2.08. The van der Waals surface area contributed by atoms with Crippen LogP contribution in [0.2, 0.25) is 0 Å². The predicted molar refractivity (Wildman–Crippen MR) is 53.5 cm³/mol. The van der Waals surface area contributed by atoms with Gasteiger partial charge in [0.05, 0.1) is 6.54 Å². The Hall–Kier alpha value is -1.23. The van der Waals surface area contributed by atoms with Crippen LogP contribution >= 0.6 is 0 Å². The first kappa shape index (κ1) is 10.3. The fraction of sp³-hybridized carbons (Fsp3) is 0.500. The van der Waals surface area contributed by atoms with Crippen molar-refractivity contribution in [1.82, 2.24) is 9.88 Å². The van der Waals surface area contributed by atoms with Crippen molar-refractivity contribution in [2.24, 2.45) is 0 Å². The van der Waals surface area contributed by atoms with Gasteiger partial charge in [0.2, 0.25) is 0 Å². The molecule has 3 nitrogen and oxygen atoms in total. The SMILES string of the molecule is Nc1ccc(CN2CCC(F)(F)C2)cn1. The fourth-order valence-electron chi connectivity index (χ4n) is 1.73. The number of halogens is 2. The normalized spacial score (nSPS) is 20.7. The molecule has 1 saturated heterocycles. The average Bonchev–Trinajstić information content (AvgIpc) is 2.50. The number of anilines is 1. The van der Waals surface area contributed by atoms with E-state index in [1.54, 1.807) is 17.2 Å². The summed E-state index contributed by atoms with van der Waals surface area (Å²) in [6, 6.07) is 3.50. The van der Waals surface area contributed by atoms with Gasteiger partial charge in [-0.1, -0.05) is 6.07 Å². The summed E-state index contributed by atoms with van der Waals surface area (Å²) in [7, 11) is 0. The Morgan fingerprint density at radius 2 is 2.27 bits per heavy atom. The lowest BCUT2D eigenvalue weighted by molar-refractivity contribution is 0.0115. The van der Waals surface area contributed by atoms with Gasteiger partial charge in [-0.2, -0.15) is 0 Å². The lowest BCUT2D eigenvalue weighted by atomic mass is 10.2. The number of pyridine rings is 1. The summed E-state index contributed by atoms with van der Waals surface area (Å²) < 4.78 is 25.8. The smallest absolute Gasteiger partial charge is 0.261 e. The molecule has 0 saturated carbocycles. The highest BCUT2D eigenvalue weighted by atomic mass is 19.3. The van der Waals surface area contributed by atoms with Crippen LogP contribution in [0.3, 0.4) is 0 Å². The van der Waals surface area contributed by atoms with Crippen LogP contribution in [0, 0.1) is 0 Å². The molecule has 0 amide bonds. The van der Waals surface area contributed by atoms with Gasteiger partial charge in [-0.3, -0.25) is 4.90 Å². The van der Waals surface area contributed by atoms with Gasteiger partial charge in [0, 0.05) is 25.7 Å². The molecule has 0 unspecified atom stereocenters. The van der Waals surface area contributed by atoms with Crippen LogP contribution in [-0.4, -0.2) is 28.9 Å². The van der Waals surface area contributed by atoms with Crippen molar-refractivity contribution in [2.75, 3.05) is 18.8 Å². The zero-order chi connectivity index (χ0) is 10.9. The van der Waals surface area contributed by atoms with Gasteiger partial charge < -0.3 is 5.73 Å². The van der Waals surface area contributed by atoms with Crippen LogP contribution in [0.1, 0.15) is 12.0 Å². The number of hydrogen-bond acceptors (Lipinski definition) is 3. The molecule has 0 spiro atoms. The molecule has 1 aliphatic heterocycles. The highest BCUT2D eigenvalue weighted by molar-refractivity contribution is 5.29. The molecule has 1 aliphatic rings. The maximum atomic E-state index is 12.9. The third kappa shape index (κ3) is 2.62.